The van der Waals surface area contributed by atoms with Gasteiger partial charge in [0.05, 0.1) is 0 Å². The summed E-state index contributed by atoms with van der Waals surface area (Å²) in [7, 11) is 0. The van der Waals surface area contributed by atoms with Gasteiger partial charge in [0.2, 0.25) is 5.82 Å². The minimum absolute atomic E-state index is 0.140. The lowest BCUT2D eigenvalue weighted by Gasteiger charge is -1.86. The largest absolute Gasteiger partial charge is 0.278 e. The summed E-state index contributed by atoms with van der Waals surface area (Å²) >= 11 is 3.52. The van der Waals surface area contributed by atoms with Gasteiger partial charge in [-0.25, -0.2) is 9.97 Å². The van der Waals surface area contributed by atoms with Crippen molar-refractivity contribution in [3.63, 3.8) is 0 Å². The summed E-state index contributed by atoms with van der Waals surface area (Å²) in [5.74, 6) is 0.140. The Morgan fingerprint density at radius 3 is 2.33 bits per heavy atom. The molecule has 0 amide bonds. The lowest BCUT2D eigenvalue weighted by Crippen LogP contribution is -1.95. The Labute approximate surface area is 57.6 Å². The standard InChI is InChI=1S/C5H4N2OS/c8-5(9)4-6-2-1-3-7-4/h1-3H,(H,8,9). The van der Waals surface area contributed by atoms with E-state index in [-0.39, 0.29) is 5.82 Å². The molecule has 0 aromatic carbocycles. The van der Waals surface area contributed by atoms with Crippen LogP contribution in [-0.4, -0.2) is 15.1 Å². The third-order valence-electron chi connectivity index (χ3n) is 0.757. The molecule has 0 N–H and O–H groups in total. The van der Waals surface area contributed by atoms with Crippen LogP contribution in [0.2, 0.25) is 0 Å². The van der Waals surface area contributed by atoms with Crippen molar-refractivity contribution in [1.29, 1.82) is 0 Å². The summed E-state index contributed by atoms with van der Waals surface area (Å²) < 4.78 is 0. The molecule has 0 saturated heterocycles. The average Bonchev–Trinajstić information content (AvgIpc) is 1.90. The molecule has 1 aromatic heterocycles. The van der Waals surface area contributed by atoms with Crippen LogP contribution >= 0.6 is 12.6 Å². The number of thiol groups is 1. The van der Waals surface area contributed by atoms with Gasteiger partial charge in [-0.1, -0.05) is 12.6 Å². The molecule has 0 fully saturated rings. The second kappa shape index (κ2) is 2.59. The van der Waals surface area contributed by atoms with E-state index < -0.39 is 5.12 Å². The van der Waals surface area contributed by atoms with Crippen molar-refractivity contribution in [2.75, 3.05) is 0 Å². The molecule has 0 unspecified atom stereocenters. The second-order valence-corrected chi connectivity index (χ2v) is 1.78. The van der Waals surface area contributed by atoms with Gasteiger partial charge in [0.1, 0.15) is 0 Å². The topological polar surface area (TPSA) is 42.9 Å². The summed E-state index contributed by atoms with van der Waals surface area (Å²) in [6, 6.07) is 1.64. The predicted molar refractivity (Wildman–Crippen MR) is 35.3 cm³/mol. The first-order chi connectivity index (χ1) is 4.30. The molecule has 0 aliphatic rings. The molecule has 1 heterocycles. The van der Waals surface area contributed by atoms with Crippen LogP contribution in [0.3, 0.4) is 0 Å². The monoisotopic (exact) mass is 140 g/mol. The van der Waals surface area contributed by atoms with Gasteiger partial charge in [-0.2, -0.15) is 0 Å². The van der Waals surface area contributed by atoms with E-state index in [9.17, 15) is 4.79 Å². The van der Waals surface area contributed by atoms with Crippen LogP contribution in [0.4, 0.5) is 0 Å². The number of carbonyl (C=O) groups is 1. The van der Waals surface area contributed by atoms with Crippen molar-refractivity contribution < 1.29 is 4.79 Å². The molecule has 0 spiro atoms. The maximum Gasteiger partial charge on any atom is 0.253 e. The molecule has 9 heavy (non-hydrogen) atoms. The number of hydrogen-bond donors (Lipinski definition) is 1. The molecule has 4 heteroatoms. The summed E-state index contributed by atoms with van der Waals surface area (Å²) in [5.41, 5.74) is 0. The highest BCUT2D eigenvalue weighted by molar-refractivity contribution is 7.97. The summed E-state index contributed by atoms with van der Waals surface area (Å²) in [4.78, 5) is 17.7. The third kappa shape index (κ3) is 1.50. The van der Waals surface area contributed by atoms with Crippen molar-refractivity contribution in [1.82, 2.24) is 9.97 Å². The van der Waals surface area contributed by atoms with Crippen LogP contribution in [0.15, 0.2) is 18.5 Å². The zero-order valence-corrected chi connectivity index (χ0v) is 5.38. The van der Waals surface area contributed by atoms with Crippen molar-refractivity contribution in [2.24, 2.45) is 0 Å². The van der Waals surface area contributed by atoms with Crippen LogP contribution in [0.25, 0.3) is 0 Å². The SMILES string of the molecule is O=C(S)c1ncccn1. The van der Waals surface area contributed by atoms with Crippen LogP contribution in [0, 0.1) is 0 Å². The lowest BCUT2D eigenvalue weighted by atomic mass is 10.6. The first kappa shape index (κ1) is 6.22. The van der Waals surface area contributed by atoms with E-state index in [2.05, 4.69) is 22.6 Å². The highest BCUT2D eigenvalue weighted by Gasteiger charge is 1.98. The Hall–Kier alpha value is -0.900. The summed E-state index contributed by atoms with van der Waals surface area (Å²) in [6.07, 6.45) is 2.99. The zero-order valence-electron chi connectivity index (χ0n) is 4.48. The summed E-state index contributed by atoms with van der Waals surface area (Å²) in [6.45, 7) is 0. The Morgan fingerprint density at radius 1 is 1.44 bits per heavy atom. The van der Waals surface area contributed by atoms with Crippen LogP contribution in [-0.2, 0) is 0 Å². The van der Waals surface area contributed by atoms with Crippen LogP contribution < -0.4 is 0 Å². The molecule has 1 aromatic rings. The molecular formula is C5H4N2OS. The minimum Gasteiger partial charge on any atom is -0.278 e. The molecule has 1 rings (SSSR count). The van der Waals surface area contributed by atoms with Crippen molar-refractivity contribution in [3.8, 4) is 0 Å². The predicted octanol–water partition coefficient (Wildman–Crippen LogP) is 0.547. The lowest BCUT2D eigenvalue weighted by molar-refractivity contribution is 0.108. The van der Waals surface area contributed by atoms with Crippen molar-refractivity contribution in [2.45, 2.75) is 0 Å². The number of aromatic nitrogens is 2. The Balaban J connectivity index is 2.98. The van der Waals surface area contributed by atoms with E-state index in [0.717, 1.165) is 0 Å². The molecule has 0 saturated carbocycles. The number of nitrogens with zero attached hydrogens (tertiary/aromatic N) is 2. The van der Waals surface area contributed by atoms with Crippen molar-refractivity contribution in [3.05, 3.63) is 24.3 Å². The van der Waals surface area contributed by atoms with Gasteiger partial charge in [-0.3, -0.25) is 4.79 Å². The van der Waals surface area contributed by atoms with Crippen molar-refractivity contribution >= 4 is 17.7 Å². The van der Waals surface area contributed by atoms with Gasteiger partial charge in [0, 0.05) is 12.4 Å². The molecule has 0 aliphatic carbocycles. The molecule has 0 aliphatic heterocycles. The Kier molecular flexibility index (Phi) is 1.79. The number of carbonyl (C=O) groups excluding carboxylic acids is 1. The minimum atomic E-state index is -0.407. The van der Waals surface area contributed by atoms with E-state index in [1.807, 2.05) is 0 Å². The number of rotatable bonds is 1. The first-order valence-electron chi connectivity index (χ1n) is 2.31. The summed E-state index contributed by atoms with van der Waals surface area (Å²) in [5, 5.41) is -0.407. The maximum absolute atomic E-state index is 10.4. The van der Waals surface area contributed by atoms with Gasteiger partial charge in [-0.05, 0) is 6.07 Å². The highest BCUT2D eigenvalue weighted by Crippen LogP contribution is 1.91. The Morgan fingerprint density at radius 2 is 2.00 bits per heavy atom. The number of hydrogen-bond acceptors (Lipinski definition) is 3. The molecule has 46 valence electrons. The molecular weight excluding hydrogens is 136 g/mol. The average molecular weight is 140 g/mol. The normalized spacial score (nSPS) is 9.00. The van der Waals surface area contributed by atoms with Gasteiger partial charge in [-0.15, -0.1) is 0 Å². The van der Waals surface area contributed by atoms with E-state index in [1.54, 1.807) is 6.07 Å². The highest BCUT2D eigenvalue weighted by atomic mass is 32.1. The van der Waals surface area contributed by atoms with E-state index >= 15 is 0 Å². The fourth-order valence-electron chi connectivity index (χ4n) is 0.410. The second-order valence-electron chi connectivity index (χ2n) is 1.38. The Bertz CT molecular complexity index is 211. The molecule has 0 atom stereocenters. The van der Waals surface area contributed by atoms with Crippen LogP contribution in [0.5, 0.6) is 0 Å². The van der Waals surface area contributed by atoms with Gasteiger partial charge >= 0.3 is 0 Å². The molecule has 0 bridgehead atoms. The van der Waals surface area contributed by atoms with Gasteiger partial charge < -0.3 is 0 Å². The fourth-order valence-corrected chi connectivity index (χ4v) is 0.525. The zero-order chi connectivity index (χ0) is 6.69. The fraction of sp³-hybridized carbons (Fsp3) is 0. The van der Waals surface area contributed by atoms with E-state index in [4.69, 9.17) is 0 Å². The molecule has 3 nitrogen and oxygen atoms in total. The van der Waals surface area contributed by atoms with Crippen LogP contribution in [0.1, 0.15) is 10.6 Å². The quantitative estimate of drug-likeness (QED) is 0.579. The third-order valence-corrected chi connectivity index (χ3v) is 0.957. The van der Waals surface area contributed by atoms with E-state index in [0.29, 0.717) is 0 Å². The smallest absolute Gasteiger partial charge is 0.253 e. The maximum atomic E-state index is 10.4. The van der Waals surface area contributed by atoms with Gasteiger partial charge in [0.25, 0.3) is 5.12 Å². The van der Waals surface area contributed by atoms with Gasteiger partial charge in [0.15, 0.2) is 0 Å². The molecule has 0 radical (unpaired) electrons. The van der Waals surface area contributed by atoms with E-state index in [1.165, 1.54) is 12.4 Å². The first-order valence-corrected chi connectivity index (χ1v) is 2.76.